The van der Waals surface area contributed by atoms with Crippen molar-refractivity contribution in [2.45, 2.75) is 39.3 Å². The van der Waals surface area contributed by atoms with E-state index in [4.69, 9.17) is 115 Å². The smallest absolute Gasteiger partial charge is 0.378 e. The number of rotatable bonds is 14. The molecule has 57 heavy (non-hydrogen) atoms. The Hall–Kier alpha value is 1.52. The molecule has 1 spiro atoms. The van der Waals surface area contributed by atoms with Gasteiger partial charge in [0, 0.05) is 125 Å². The Kier molecular flexibility index (Phi) is 16.3. The van der Waals surface area contributed by atoms with Gasteiger partial charge < -0.3 is 115 Å². The van der Waals surface area contributed by atoms with E-state index in [2.05, 4.69) is 0 Å². The Balaban J connectivity index is 2.22. The lowest BCUT2D eigenvalue weighted by Crippen LogP contribution is -2.84. The summed E-state index contributed by atoms with van der Waals surface area (Å²) >= 11 is 0. The summed E-state index contributed by atoms with van der Waals surface area (Å²) < 4.78 is 170. The minimum atomic E-state index is -5.43. The van der Waals surface area contributed by atoms with Crippen molar-refractivity contribution in [3.05, 3.63) is 0 Å². The van der Waals surface area contributed by atoms with Crippen molar-refractivity contribution in [3.8, 4) is 0 Å². The third-order valence-corrected chi connectivity index (χ3v) is 51.4. The van der Waals surface area contributed by atoms with Crippen LogP contribution in [0, 0.1) is 0 Å². The standard InChI is InChI=1S/C18H54O27Si12/c1-19-46(13,20-2)32-56(30-12)43-55(29-11)37-50(17,24-6)36-54(28-10)39-51(18,40-55)41-57(45-56)38-48(15,22-4)31-47(14,21-3)34-53(27-9,44-57)35-49(16,23-5)33-52(25-7,26-8)42-54/h1-18H3. The molecule has 0 aromatic heterocycles. The molecule has 27 nitrogen and oxygen atoms in total. The molecule has 4 rings (SSSR count). The maximum Gasteiger partial charge on any atom is 0.665 e. The quantitative estimate of drug-likeness (QED) is 0.191. The number of hydrogen-bond acceptors (Lipinski definition) is 27. The molecule has 10 atom stereocenters. The van der Waals surface area contributed by atoms with Crippen molar-refractivity contribution < 1.29 is 115 Å². The van der Waals surface area contributed by atoms with E-state index in [1.165, 1.54) is 125 Å². The van der Waals surface area contributed by atoms with Crippen LogP contribution in [-0.4, -0.2) is 192 Å². The summed E-state index contributed by atoms with van der Waals surface area (Å²) in [4.78, 5) is 0. The minimum absolute atomic E-state index is 1.19. The molecule has 4 saturated heterocycles. The first-order valence-electron chi connectivity index (χ1n) is 16.5. The van der Waals surface area contributed by atoms with E-state index in [1.54, 1.807) is 0 Å². The number of hydrogen-bond donors (Lipinski definition) is 0. The lowest BCUT2D eigenvalue weighted by molar-refractivity contribution is -0.0850. The fourth-order valence-corrected chi connectivity index (χ4v) is 53.9. The third-order valence-electron chi connectivity index (χ3n) is 8.20. The van der Waals surface area contributed by atoms with Gasteiger partial charge in [-0.3, -0.25) is 0 Å². The highest BCUT2D eigenvalue weighted by atomic mass is 28.6. The van der Waals surface area contributed by atoms with Crippen molar-refractivity contribution in [2.75, 3.05) is 85.3 Å². The molecule has 5 bridgehead atoms. The molecule has 4 fully saturated rings. The summed E-state index contributed by atoms with van der Waals surface area (Å²) in [5, 5.41) is 0. The predicted molar refractivity (Wildman–Crippen MR) is 205 cm³/mol. The molecule has 39 heteroatoms. The van der Waals surface area contributed by atoms with Gasteiger partial charge >= 0.3 is 107 Å². The molecule has 0 aromatic rings. The van der Waals surface area contributed by atoms with Crippen LogP contribution in [0.25, 0.3) is 0 Å². The molecule has 0 amide bonds. The zero-order valence-corrected chi connectivity index (χ0v) is 47.0. The lowest BCUT2D eigenvalue weighted by Gasteiger charge is -2.53. The van der Waals surface area contributed by atoms with Gasteiger partial charge in [-0.05, 0) is 0 Å². The van der Waals surface area contributed by atoms with Crippen molar-refractivity contribution in [1.82, 2.24) is 0 Å². The Morgan fingerprint density at radius 1 is 0.316 bits per heavy atom. The Morgan fingerprint density at radius 2 is 0.684 bits per heavy atom. The summed E-state index contributed by atoms with van der Waals surface area (Å²) in [7, 11) is -40.1. The molecule has 0 aromatic carbocycles. The van der Waals surface area contributed by atoms with Gasteiger partial charge in [-0.1, -0.05) is 0 Å². The van der Waals surface area contributed by atoms with Crippen LogP contribution >= 0.6 is 0 Å². The predicted octanol–water partition coefficient (Wildman–Crippen LogP) is -0.928. The fraction of sp³-hybridized carbons (Fsp3) is 1.00. The van der Waals surface area contributed by atoms with Crippen LogP contribution in [0.15, 0.2) is 0 Å². The van der Waals surface area contributed by atoms with Gasteiger partial charge in [0.25, 0.3) is 0 Å². The summed E-state index contributed by atoms with van der Waals surface area (Å²) in [5.74, 6) is 0. The van der Waals surface area contributed by atoms with Gasteiger partial charge in [0.15, 0.2) is 0 Å². The van der Waals surface area contributed by atoms with Gasteiger partial charge in [0.1, 0.15) is 0 Å². The molecule has 4 heterocycles. The average Bonchev–Trinajstić information content (AvgIpc) is 3.15. The van der Waals surface area contributed by atoms with Crippen molar-refractivity contribution in [3.63, 3.8) is 0 Å². The maximum atomic E-state index is 6.89. The third kappa shape index (κ3) is 10.9. The van der Waals surface area contributed by atoms with Crippen molar-refractivity contribution in [1.29, 1.82) is 0 Å². The highest BCUT2D eigenvalue weighted by molar-refractivity contribution is 6.96. The second kappa shape index (κ2) is 18.2. The van der Waals surface area contributed by atoms with E-state index in [1.807, 2.05) is 0 Å². The maximum absolute atomic E-state index is 6.89. The van der Waals surface area contributed by atoms with E-state index in [0.717, 1.165) is 0 Å². The zero-order valence-electron chi connectivity index (χ0n) is 35.0. The second-order valence-corrected chi connectivity index (χ2v) is 45.6. The van der Waals surface area contributed by atoms with E-state index in [0.29, 0.717) is 0 Å². The van der Waals surface area contributed by atoms with Crippen LogP contribution in [-0.2, 0) is 115 Å². The zero-order chi connectivity index (χ0) is 43.1. The van der Waals surface area contributed by atoms with E-state index in [9.17, 15) is 0 Å². The first-order valence-corrected chi connectivity index (χ1v) is 39.6. The highest BCUT2D eigenvalue weighted by Gasteiger charge is 2.83. The van der Waals surface area contributed by atoms with Gasteiger partial charge in [0.2, 0.25) is 0 Å². The highest BCUT2D eigenvalue weighted by Crippen LogP contribution is 2.45. The molecule has 0 N–H and O–H groups in total. The van der Waals surface area contributed by atoms with Crippen molar-refractivity contribution in [2.24, 2.45) is 0 Å². The molecule has 0 radical (unpaired) electrons. The van der Waals surface area contributed by atoms with Crippen molar-refractivity contribution >= 4 is 107 Å². The largest absolute Gasteiger partial charge is 0.665 e. The summed E-state index contributed by atoms with van der Waals surface area (Å²) in [6, 6.07) is 0. The van der Waals surface area contributed by atoms with E-state index < -0.39 is 107 Å². The average molecular weight is 1040 g/mol. The van der Waals surface area contributed by atoms with Gasteiger partial charge in [-0.15, -0.1) is 0 Å². The SMILES string of the molecule is CO[Si]1(C)O[Si]2(OC)O[Si]3(C)O[Si](OC)(O1)O[Si](OC)(O[Si](C)(OC)OC)O[Si]1(O[Si](C)(OC)O[Si](C)(OC)O[Si](OC)(O[Si](C)(OC)O[Si](OC)(OC)O2)O1)O3. The van der Waals surface area contributed by atoms with E-state index in [-0.39, 0.29) is 0 Å². The van der Waals surface area contributed by atoms with Gasteiger partial charge in [-0.25, -0.2) is 0 Å². The van der Waals surface area contributed by atoms with Crippen LogP contribution < -0.4 is 0 Å². The topological polar surface area (TPSA) is 249 Å². The monoisotopic (exact) mass is 1040 g/mol. The molecule has 4 aliphatic heterocycles. The second-order valence-electron chi connectivity index (χ2n) is 12.2. The molecule has 336 valence electrons. The fourth-order valence-electron chi connectivity index (χ4n) is 5.01. The summed E-state index contributed by atoms with van der Waals surface area (Å²) in [6.07, 6.45) is 0. The van der Waals surface area contributed by atoms with Crippen LogP contribution in [0.5, 0.6) is 0 Å². The Bertz CT molecular complexity index is 1390. The summed E-state index contributed by atoms with van der Waals surface area (Å²) in [6.45, 7) is 8.77. The normalized spacial score (nSPS) is 45.8. The molecular formula is C18H54O27Si12. The van der Waals surface area contributed by atoms with Crippen LogP contribution in [0.1, 0.15) is 0 Å². The van der Waals surface area contributed by atoms with Gasteiger partial charge in [-0.2, -0.15) is 0 Å². The molecule has 0 aliphatic carbocycles. The van der Waals surface area contributed by atoms with E-state index >= 15 is 0 Å². The molecule has 0 saturated carbocycles. The minimum Gasteiger partial charge on any atom is -0.378 e. The Labute approximate surface area is 345 Å². The molecule has 4 aliphatic rings. The Morgan fingerprint density at radius 3 is 1.07 bits per heavy atom. The van der Waals surface area contributed by atoms with Gasteiger partial charge in [0.05, 0.1) is 0 Å². The van der Waals surface area contributed by atoms with Crippen LogP contribution in [0.2, 0.25) is 39.3 Å². The lowest BCUT2D eigenvalue weighted by atomic mass is 11.8. The molecular weight excluding hydrogens is 985 g/mol. The molecule has 10 unspecified atom stereocenters. The van der Waals surface area contributed by atoms with Crippen LogP contribution in [0.3, 0.4) is 0 Å². The van der Waals surface area contributed by atoms with Crippen LogP contribution in [0.4, 0.5) is 0 Å². The first kappa shape index (κ1) is 51.2. The number of fused-ring (bicyclic) bond motifs is 3. The first-order chi connectivity index (χ1) is 26.3. The summed E-state index contributed by atoms with van der Waals surface area (Å²) in [5.41, 5.74) is 0.